The molecule has 5 nitrogen and oxygen atoms in total. The van der Waals surface area contributed by atoms with Crippen LogP contribution in [0.25, 0.3) is 272 Å². The fourth-order valence-electron chi connectivity index (χ4n) is 23.0. The first-order valence-electron chi connectivity index (χ1n) is 46.2. The van der Waals surface area contributed by atoms with E-state index in [1.54, 1.807) is 0 Å². The minimum atomic E-state index is 0.542. The molecule has 0 amide bonds. The predicted octanol–water partition coefficient (Wildman–Crippen LogP) is 35.1. The Bertz CT molecular complexity index is 10300. The van der Waals surface area contributed by atoms with Gasteiger partial charge in [-0.2, -0.15) is 5.26 Å². The van der Waals surface area contributed by atoms with E-state index in [1.165, 1.54) is 267 Å². The zero-order valence-corrected chi connectivity index (χ0v) is 72.9. The summed E-state index contributed by atoms with van der Waals surface area (Å²) in [5.41, 5.74) is 27.3. The first-order valence-corrected chi connectivity index (χ1v) is 46.2. The smallest absolute Gasteiger partial charge is 0.0991 e. The molecule has 0 radical (unpaired) electrons. The van der Waals surface area contributed by atoms with Crippen LogP contribution in [-0.2, 0) is 0 Å². The van der Waals surface area contributed by atoms with E-state index in [2.05, 4.69) is 456 Å². The topological polar surface area (TPSA) is 41.4 Å². The van der Waals surface area contributed by atoms with Crippen LogP contribution in [0.1, 0.15) is 30.9 Å². The maximum absolute atomic E-state index is 9.28. The van der Waals surface area contributed by atoms with Crippen molar-refractivity contribution in [3.63, 3.8) is 0 Å². The van der Waals surface area contributed by atoms with E-state index in [0.29, 0.717) is 11.5 Å². The highest BCUT2D eigenvalue weighted by Gasteiger charge is 2.25. The number of nitrogens with zero attached hydrogens (tertiary/aromatic N) is 5. The summed E-state index contributed by atoms with van der Waals surface area (Å²) in [6.45, 7) is 4.53. The number of hydrogen-bond acceptors (Lipinski definition) is 1. The van der Waals surface area contributed by atoms with Gasteiger partial charge >= 0.3 is 0 Å². The van der Waals surface area contributed by atoms with E-state index >= 15 is 0 Å². The Hall–Kier alpha value is -17.4. The lowest BCUT2D eigenvalue weighted by molar-refractivity contribution is 0.869. The summed E-state index contributed by atoms with van der Waals surface area (Å²) in [5.74, 6) is 0.542. The van der Waals surface area contributed by atoms with Gasteiger partial charge in [-0.1, -0.05) is 335 Å². The van der Waals surface area contributed by atoms with Crippen molar-refractivity contribution in [2.45, 2.75) is 19.8 Å². The van der Waals surface area contributed by atoms with Gasteiger partial charge in [-0.15, -0.1) is 0 Å². The summed E-state index contributed by atoms with van der Waals surface area (Å²) < 4.78 is 9.82. The number of para-hydroxylation sites is 4. The molecule has 8 aromatic heterocycles. The highest BCUT2D eigenvalue weighted by Crippen LogP contribution is 2.49. The van der Waals surface area contributed by atoms with E-state index in [-0.39, 0.29) is 0 Å². The van der Waals surface area contributed by atoms with Crippen molar-refractivity contribution in [1.82, 2.24) is 17.6 Å². The predicted molar refractivity (Wildman–Crippen MR) is 567 cm³/mol. The molecular weight excluding hydrogens is 1610 g/mol. The molecule has 31 aromatic rings. The van der Waals surface area contributed by atoms with Crippen LogP contribution in [0.2, 0.25) is 0 Å². The maximum atomic E-state index is 9.28. The van der Waals surface area contributed by atoms with Gasteiger partial charge in [0.25, 0.3) is 0 Å². The van der Waals surface area contributed by atoms with Crippen LogP contribution < -0.4 is 0 Å². The van der Waals surface area contributed by atoms with Gasteiger partial charge < -0.3 is 17.6 Å². The van der Waals surface area contributed by atoms with Crippen molar-refractivity contribution in [2.24, 2.45) is 0 Å². The molecule has 0 saturated carbocycles. The largest absolute Gasteiger partial charge is 0.308 e. The summed E-state index contributed by atoms with van der Waals surface area (Å²) in [6, 6.07) is 162. The summed E-state index contributed by atoms with van der Waals surface area (Å²) in [7, 11) is 0. The van der Waals surface area contributed by atoms with Crippen LogP contribution in [0.5, 0.6) is 0 Å². The summed E-state index contributed by atoms with van der Waals surface area (Å²) in [5, 5.41) is 48.5. The first kappa shape index (κ1) is 74.6. The summed E-state index contributed by atoms with van der Waals surface area (Å²) in [6.07, 6.45) is 0. The molecule has 8 heterocycles. The second-order valence-electron chi connectivity index (χ2n) is 36.6. The average molecular weight is 1690 g/mol. The lowest BCUT2D eigenvalue weighted by Crippen LogP contribution is -1.87. The summed E-state index contributed by atoms with van der Waals surface area (Å²) in [4.78, 5) is 0. The second-order valence-corrected chi connectivity index (χ2v) is 36.6. The molecular formula is C128H79N5. The van der Waals surface area contributed by atoms with Crippen molar-refractivity contribution < 1.29 is 0 Å². The zero-order valence-electron chi connectivity index (χ0n) is 72.9. The van der Waals surface area contributed by atoms with Crippen LogP contribution in [0.15, 0.2) is 437 Å². The van der Waals surface area contributed by atoms with Crippen molar-refractivity contribution >= 4 is 228 Å². The third kappa shape index (κ3) is 11.2. The Kier molecular flexibility index (Phi) is 16.2. The van der Waals surface area contributed by atoms with Gasteiger partial charge in [-0.25, -0.2) is 0 Å². The quantitative estimate of drug-likeness (QED) is 0.158. The highest BCUT2D eigenvalue weighted by molar-refractivity contribution is 6.31. The number of nitriles is 1. The minimum Gasteiger partial charge on any atom is -0.308 e. The van der Waals surface area contributed by atoms with E-state index in [4.69, 9.17) is 0 Å². The van der Waals surface area contributed by atoms with Crippen molar-refractivity contribution in [2.75, 3.05) is 0 Å². The van der Waals surface area contributed by atoms with Gasteiger partial charge in [0.1, 0.15) is 0 Å². The van der Waals surface area contributed by atoms with Crippen LogP contribution in [0, 0.1) is 11.3 Å². The van der Waals surface area contributed by atoms with Gasteiger partial charge in [-0.3, -0.25) is 0 Å². The number of rotatable bonds is 5. The zero-order chi connectivity index (χ0) is 87.5. The highest BCUT2D eigenvalue weighted by atomic mass is 14.9. The normalized spacial score (nSPS) is 12.2. The molecule has 0 N–H and O–H groups in total. The SMILES string of the molecule is CC(C)c1ccc2c(c1)c1cccc3c4cc5ccccc5cc4n2c13.N#Cc1cccc(-c2ccc3c(c2)c2cccc4c5cc6ccccc6cc5n3c24)c1.c1ccc(-c2ccccc2-c2ccc3c(c2)c2cccc4c5cc6ccccc6cc5n3c24)cc1.c1ccc2cc3c(cc2c1)c1cccc2c4cc(-c5ccc6c7ccccc7c7ccccc7c6c5)ccc4n3c21. The average Bonchev–Trinajstić information content (AvgIpc) is 1.56. The van der Waals surface area contributed by atoms with E-state index < -0.39 is 0 Å². The number of hydrogen-bond donors (Lipinski definition) is 0. The molecule has 0 spiro atoms. The Morgan fingerprint density at radius 1 is 0.173 bits per heavy atom. The van der Waals surface area contributed by atoms with Gasteiger partial charge in [-0.05, 0) is 247 Å². The van der Waals surface area contributed by atoms with Gasteiger partial charge in [0, 0.05) is 86.2 Å². The molecule has 133 heavy (non-hydrogen) atoms. The maximum Gasteiger partial charge on any atom is 0.0991 e. The molecule has 31 rings (SSSR count). The fraction of sp³-hybridized carbons (Fsp3) is 0.0234. The van der Waals surface area contributed by atoms with Gasteiger partial charge in [0.2, 0.25) is 0 Å². The Balaban J connectivity index is 0.0000000896. The lowest BCUT2D eigenvalue weighted by Gasteiger charge is -2.12. The Labute approximate surface area is 763 Å². The molecule has 0 saturated heterocycles. The van der Waals surface area contributed by atoms with Crippen molar-refractivity contribution in [3.05, 3.63) is 448 Å². The summed E-state index contributed by atoms with van der Waals surface area (Å²) >= 11 is 0. The third-order valence-electron chi connectivity index (χ3n) is 29.1. The molecule has 0 fully saturated rings. The Morgan fingerprint density at radius 2 is 0.429 bits per heavy atom. The molecule has 616 valence electrons. The molecule has 5 heteroatoms. The number of benzene rings is 23. The van der Waals surface area contributed by atoms with Crippen LogP contribution in [-0.4, -0.2) is 17.6 Å². The van der Waals surface area contributed by atoms with Gasteiger partial charge in [0.05, 0.1) is 77.8 Å². The van der Waals surface area contributed by atoms with Gasteiger partial charge in [0.15, 0.2) is 0 Å². The number of aromatic nitrogens is 4. The van der Waals surface area contributed by atoms with E-state index in [9.17, 15) is 5.26 Å². The van der Waals surface area contributed by atoms with E-state index in [0.717, 1.165) is 11.1 Å². The monoisotopic (exact) mass is 1690 g/mol. The van der Waals surface area contributed by atoms with Crippen LogP contribution in [0.4, 0.5) is 0 Å². The van der Waals surface area contributed by atoms with Crippen molar-refractivity contribution in [1.29, 1.82) is 5.26 Å². The molecule has 0 unspecified atom stereocenters. The first-order chi connectivity index (χ1) is 65.7. The molecule has 0 bridgehead atoms. The molecule has 0 aliphatic rings. The number of fused-ring (bicyclic) bond motifs is 34. The van der Waals surface area contributed by atoms with Crippen LogP contribution in [0.3, 0.4) is 0 Å². The van der Waals surface area contributed by atoms with Crippen molar-refractivity contribution in [3.8, 4) is 50.6 Å². The standard InChI is InChI=1S/C40H23N.C34H21N.C29H16N2.C25H19N/c1-2-9-25-23-39-37(21-24(25)8-1)34-15-7-14-33-36-22-27(17-19-38(36)41(39)40(33)34)26-16-18-32-30-12-4-3-10-28(30)29-11-5-6-13-31(29)35(32)20-26;1-2-9-22(10-3-1)26-13-6-7-14-27(26)25-17-18-32-30(20-25)28-15-8-16-29-31-19-23-11-4-5-12-24(23)21-33(31)35(32)34(28)29;30-17-18-5-3-8-19(13-18)22-11-12-27-25(15-22)23-9-4-10-24-26-14-20-6-1-2-7-21(20)16-28(26)31(27)29(23)24;1-15(2)16-10-11-23-21(12-16)19-8-5-9-20-22-13-17-6-3-4-7-18(17)14-24(22)26(23)25(19)20/h1-23H;1-21H;1-16H;3-15H,1-2H3. The third-order valence-corrected chi connectivity index (χ3v) is 29.1. The van der Waals surface area contributed by atoms with Crippen LogP contribution >= 0.6 is 0 Å². The molecule has 0 aliphatic carbocycles. The molecule has 0 aliphatic heterocycles. The Morgan fingerprint density at radius 3 is 0.805 bits per heavy atom. The molecule has 23 aromatic carbocycles. The minimum absolute atomic E-state index is 0.542. The molecule has 0 atom stereocenters. The van der Waals surface area contributed by atoms with E-state index in [1.807, 2.05) is 18.2 Å². The second kappa shape index (κ2) is 28.8. The lowest BCUT2D eigenvalue weighted by atomic mass is 9.92. The fourth-order valence-corrected chi connectivity index (χ4v) is 23.0.